The molecule has 7 nitrogen and oxygen atoms in total. The lowest BCUT2D eigenvalue weighted by Crippen LogP contribution is -2.30. The van der Waals surface area contributed by atoms with Crippen LogP contribution in [0.2, 0.25) is 0 Å². The second kappa shape index (κ2) is 7.02. The molecule has 7 heteroatoms. The minimum atomic E-state index is -0.524. The van der Waals surface area contributed by atoms with Crippen LogP contribution in [0.15, 0.2) is 0 Å². The maximum atomic E-state index is 11.9. The van der Waals surface area contributed by atoms with Crippen LogP contribution in [0.25, 0.3) is 0 Å². The van der Waals surface area contributed by atoms with Gasteiger partial charge in [0.15, 0.2) is 5.69 Å². The fourth-order valence-electron chi connectivity index (χ4n) is 1.88. The monoisotopic (exact) mass is 282 g/mol. The van der Waals surface area contributed by atoms with Crippen molar-refractivity contribution in [3.8, 4) is 0 Å². The van der Waals surface area contributed by atoms with Crippen molar-refractivity contribution in [3.05, 3.63) is 11.4 Å². The lowest BCUT2D eigenvalue weighted by atomic mass is 10.1. The highest BCUT2D eigenvalue weighted by Gasteiger charge is 2.26. The second-order valence-corrected chi connectivity index (χ2v) is 4.94. The number of nitrogens with zero attached hydrogens (tertiary/aromatic N) is 3. The van der Waals surface area contributed by atoms with E-state index in [-0.39, 0.29) is 18.2 Å². The number of hydrogen-bond donors (Lipinski definition) is 1. The van der Waals surface area contributed by atoms with Gasteiger partial charge in [0.05, 0.1) is 12.3 Å². The molecule has 1 unspecified atom stereocenters. The molecule has 0 bridgehead atoms. The van der Waals surface area contributed by atoms with Crippen LogP contribution in [0.3, 0.4) is 0 Å². The van der Waals surface area contributed by atoms with Crippen molar-refractivity contribution in [3.63, 3.8) is 0 Å². The summed E-state index contributed by atoms with van der Waals surface area (Å²) in [7, 11) is 1.56. The van der Waals surface area contributed by atoms with Crippen LogP contribution < -0.4 is 5.32 Å². The van der Waals surface area contributed by atoms with E-state index in [0.29, 0.717) is 18.0 Å². The molecule has 0 saturated carbocycles. The third-order valence-electron chi connectivity index (χ3n) is 2.85. The molecule has 0 spiro atoms. The molecular weight excluding hydrogens is 260 g/mol. The van der Waals surface area contributed by atoms with E-state index in [1.165, 1.54) is 4.68 Å². The summed E-state index contributed by atoms with van der Waals surface area (Å²) in [6, 6.07) is -0.524. The molecule has 1 amide bonds. The molecule has 1 N–H and O–H groups in total. The first-order chi connectivity index (χ1) is 9.42. The zero-order chi connectivity index (χ0) is 15.3. The Bertz CT molecular complexity index is 482. The molecule has 0 fully saturated rings. The number of carbonyl (C=O) groups excluding carboxylic acids is 2. The topological polar surface area (TPSA) is 86.1 Å². The Morgan fingerprint density at radius 3 is 2.50 bits per heavy atom. The number of rotatable bonds is 6. The molecule has 1 heterocycles. The van der Waals surface area contributed by atoms with Gasteiger partial charge < -0.3 is 10.1 Å². The number of ether oxygens (including phenoxy) is 1. The van der Waals surface area contributed by atoms with Crippen molar-refractivity contribution >= 4 is 11.9 Å². The van der Waals surface area contributed by atoms with E-state index < -0.39 is 12.0 Å². The van der Waals surface area contributed by atoms with Crippen LogP contribution in [0.1, 0.15) is 49.9 Å². The molecule has 0 radical (unpaired) electrons. The molecule has 1 atom stereocenters. The molecule has 0 saturated heterocycles. The summed E-state index contributed by atoms with van der Waals surface area (Å²) < 4.78 is 6.47. The van der Waals surface area contributed by atoms with E-state index in [1.807, 2.05) is 13.8 Å². The zero-order valence-electron chi connectivity index (χ0n) is 12.6. The fraction of sp³-hybridized carbons (Fsp3) is 0.692. The molecule has 0 aromatic carbocycles. The summed E-state index contributed by atoms with van der Waals surface area (Å²) >= 11 is 0. The number of amides is 1. The van der Waals surface area contributed by atoms with E-state index in [0.717, 1.165) is 0 Å². The minimum absolute atomic E-state index is 0.185. The Hall–Kier alpha value is -1.92. The standard InChI is InChI=1S/C13H22N4O3/c1-6-20-13(19)11-10(7-8(2)3)17(16-15-11)9(4)12(18)14-5/h8-9H,6-7H2,1-5H3,(H,14,18). The van der Waals surface area contributed by atoms with Crippen molar-refractivity contribution in [2.45, 2.75) is 40.2 Å². The fourth-order valence-corrected chi connectivity index (χ4v) is 1.88. The molecule has 0 aliphatic rings. The molecule has 0 aliphatic heterocycles. The van der Waals surface area contributed by atoms with Crippen molar-refractivity contribution in [2.75, 3.05) is 13.7 Å². The van der Waals surface area contributed by atoms with Gasteiger partial charge in [-0.3, -0.25) is 4.79 Å². The third-order valence-corrected chi connectivity index (χ3v) is 2.85. The Kier molecular flexibility index (Phi) is 5.66. The first-order valence-electron chi connectivity index (χ1n) is 6.75. The van der Waals surface area contributed by atoms with Gasteiger partial charge in [0.2, 0.25) is 5.91 Å². The first kappa shape index (κ1) is 16.1. The van der Waals surface area contributed by atoms with Crippen LogP contribution in [0.5, 0.6) is 0 Å². The van der Waals surface area contributed by atoms with E-state index >= 15 is 0 Å². The number of aromatic nitrogens is 3. The van der Waals surface area contributed by atoms with Crippen LogP contribution in [-0.4, -0.2) is 40.5 Å². The van der Waals surface area contributed by atoms with E-state index in [2.05, 4.69) is 15.6 Å². The molecule has 1 aromatic heterocycles. The van der Waals surface area contributed by atoms with Crippen LogP contribution >= 0.6 is 0 Å². The summed E-state index contributed by atoms with van der Waals surface area (Å²) in [6.45, 7) is 7.77. The molecule has 0 aliphatic carbocycles. The number of carbonyl (C=O) groups is 2. The highest BCUT2D eigenvalue weighted by atomic mass is 16.5. The summed E-state index contributed by atoms with van der Waals surface area (Å²) in [4.78, 5) is 23.6. The van der Waals surface area contributed by atoms with Crippen LogP contribution in [0, 0.1) is 5.92 Å². The SMILES string of the molecule is CCOC(=O)c1nnn(C(C)C(=O)NC)c1CC(C)C. The quantitative estimate of drug-likeness (QED) is 0.785. The predicted octanol–water partition coefficient (Wildman–Crippen LogP) is 0.960. The molecule has 112 valence electrons. The van der Waals surface area contributed by atoms with Gasteiger partial charge in [0.1, 0.15) is 6.04 Å². The second-order valence-electron chi connectivity index (χ2n) is 4.94. The average molecular weight is 282 g/mol. The number of esters is 1. The summed E-state index contributed by atoms with van der Waals surface area (Å²) in [5, 5.41) is 10.4. The summed E-state index contributed by atoms with van der Waals surface area (Å²) in [5.74, 6) is -0.383. The smallest absolute Gasteiger partial charge is 0.360 e. The lowest BCUT2D eigenvalue weighted by molar-refractivity contribution is -0.123. The first-order valence-corrected chi connectivity index (χ1v) is 6.75. The van der Waals surface area contributed by atoms with Gasteiger partial charge in [-0.1, -0.05) is 19.1 Å². The normalized spacial score (nSPS) is 12.3. The van der Waals surface area contributed by atoms with E-state index in [1.54, 1.807) is 20.9 Å². The van der Waals surface area contributed by atoms with E-state index in [4.69, 9.17) is 4.74 Å². The van der Waals surface area contributed by atoms with Gasteiger partial charge in [-0.05, 0) is 26.2 Å². The molecule has 1 rings (SSSR count). The largest absolute Gasteiger partial charge is 0.461 e. The Labute approximate surface area is 118 Å². The van der Waals surface area contributed by atoms with Crippen LogP contribution in [-0.2, 0) is 16.0 Å². The van der Waals surface area contributed by atoms with Gasteiger partial charge in [-0.2, -0.15) is 0 Å². The minimum Gasteiger partial charge on any atom is -0.461 e. The van der Waals surface area contributed by atoms with Crippen LogP contribution in [0.4, 0.5) is 0 Å². The maximum absolute atomic E-state index is 11.9. The van der Waals surface area contributed by atoms with Gasteiger partial charge in [0, 0.05) is 7.05 Å². The van der Waals surface area contributed by atoms with Crippen molar-refractivity contribution < 1.29 is 14.3 Å². The summed E-state index contributed by atoms with van der Waals surface area (Å²) in [6.07, 6.45) is 0.600. The van der Waals surface area contributed by atoms with E-state index in [9.17, 15) is 9.59 Å². The Balaban J connectivity index is 3.18. The van der Waals surface area contributed by atoms with Gasteiger partial charge in [0.25, 0.3) is 0 Å². The lowest BCUT2D eigenvalue weighted by Gasteiger charge is -2.15. The Morgan fingerprint density at radius 2 is 2.00 bits per heavy atom. The zero-order valence-corrected chi connectivity index (χ0v) is 12.6. The predicted molar refractivity (Wildman–Crippen MR) is 73.3 cm³/mol. The van der Waals surface area contributed by atoms with Crippen molar-refractivity contribution in [1.29, 1.82) is 0 Å². The number of nitrogens with one attached hydrogen (secondary N) is 1. The van der Waals surface area contributed by atoms with Gasteiger partial charge >= 0.3 is 5.97 Å². The molecule has 1 aromatic rings. The van der Waals surface area contributed by atoms with Crippen molar-refractivity contribution in [1.82, 2.24) is 20.3 Å². The third kappa shape index (κ3) is 3.55. The molecular formula is C13H22N4O3. The highest BCUT2D eigenvalue weighted by molar-refractivity contribution is 5.88. The number of likely N-dealkylation sites (N-methyl/N-ethyl adjacent to an activating group) is 1. The molecule has 20 heavy (non-hydrogen) atoms. The van der Waals surface area contributed by atoms with Crippen molar-refractivity contribution in [2.24, 2.45) is 5.92 Å². The number of hydrogen-bond acceptors (Lipinski definition) is 5. The Morgan fingerprint density at radius 1 is 1.35 bits per heavy atom. The maximum Gasteiger partial charge on any atom is 0.360 e. The summed E-state index contributed by atoms with van der Waals surface area (Å²) in [5.41, 5.74) is 0.825. The average Bonchev–Trinajstić information content (AvgIpc) is 2.80. The van der Waals surface area contributed by atoms with Gasteiger partial charge in [-0.25, -0.2) is 9.48 Å². The van der Waals surface area contributed by atoms with Gasteiger partial charge in [-0.15, -0.1) is 5.10 Å². The highest BCUT2D eigenvalue weighted by Crippen LogP contribution is 2.17.